The van der Waals surface area contributed by atoms with Crippen LogP contribution in [0.25, 0.3) is 0 Å². The summed E-state index contributed by atoms with van der Waals surface area (Å²) in [5.74, 6) is -7.44. The highest BCUT2D eigenvalue weighted by Crippen LogP contribution is 2.57. The minimum atomic E-state index is -6.33. The van der Waals surface area contributed by atoms with Crippen LogP contribution < -0.4 is 0 Å². The summed E-state index contributed by atoms with van der Waals surface area (Å²) < 4.78 is 115. The normalized spacial score (nSPS) is 31.7. The van der Waals surface area contributed by atoms with E-state index in [1.54, 1.807) is 0 Å². The Morgan fingerprint density at radius 2 is 1.77 bits per heavy atom. The number of ketones is 1. The van der Waals surface area contributed by atoms with Gasteiger partial charge in [0.1, 0.15) is 5.78 Å². The lowest BCUT2D eigenvalue weighted by molar-refractivity contribution is -0.167. The molecule has 0 amide bonds. The van der Waals surface area contributed by atoms with E-state index in [1.165, 1.54) is 0 Å². The van der Waals surface area contributed by atoms with Gasteiger partial charge in [-0.2, -0.15) is 34.4 Å². The van der Waals surface area contributed by atoms with Crippen LogP contribution in [0.4, 0.5) is 17.6 Å². The monoisotopic (exact) mass is 496 g/mol. The molecule has 2 aliphatic carbocycles. The van der Waals surface area contributed by atoms with Crippen molar-refractivity contribution in [2.24, 2.45) is 17.8 Å². The number of hydrogen-bond acceptors (Lipinski definition) is 8. The highest BCUT2D eigenvalue weighted by molar-refractivity contribution is 7.87. The van der Waals surface area contributed by atoms with Crippen LogP contribution in [0.5, 0.6) is 0 Å². The van der Waals surface area contributed by atoms with E-state index in [0.29, 0.717) is 12.8 Å². The molecule has 3 fully saturated rings. The largest absolute Gasteiger partial charge is 0.466 e. The maximum atomic E-state index is 13.3. The van der Waals surface area contributed by atoms with E-state index in [9.17, 15) is 44.0 Å². The van der Waals surface area contributed by atoms with Crippen molar-refractivity contribution in [3.63, 3.8) is 0 Å². The molecule has 1 saturated heterocycles. The second-order valence-corrected chi connectivity index (χ2v) is 11.2. The molecule has 0 spiro atoms. The van der Waals surface area contributed by atoms with Crippen molar-refractivity contribution in [3.05, 3.63) is 0 Å². The predicted molar refractivity (Wildman–Crippen MR) is 93.2 cm³/mol. The van der Waals surface area contributed by atoms with Crippen molar-refractivity contribution in [1.29, 1.82) is 0 Å². The van der Waals surface area contributed by atoms with E-state index in [1.807, 2.05) is 0 Å². The molecule has 1 aliphatic heterocycles. The smallest absolute Gasteiger partial charge is 0.431 e. The van der Waals surface area contributed by atoms with Crippen molar-refractivity contribution in [3.8, 4) is 0 Å². The van der Waals surface area contributed by atoms with Crippen molar-refractivity contribution in [1.82, 2.24) is 0 Å². The molecule has 0 radical (unpaired) electrons. The number of esters is 1. The zero-order chi connectivity index (χ0) is 23.4. The van der Waals surface area contributed by atoms with Gasteiger partial charge in [0, 0.05) is 24.7 Å². The summed E-state index contributed by atoms with van der Waals surface area (Å²) in [4.78, 5) is 24.2. The van der Waals surface area contributed by atoms with Crippen LogP contribution in [0.15, 0.2) is 0 Å². The third kappa shape index (κ3) is 4.33. The van der Waals surface area contributed by atoms with E-state index < -0.39 is 80.5 Å². The topological polar surface area (TPSA) is 141 Å². The van der Waals surface area contributed by atoms with Gasteiger partial charge >= 0.3 is 27.3 Å². The molecule has 3 rings (SSSR count). The molecule has 5 atom stereocenters. The van der Waals surface area contributed by atoms with E-state index in [0.717, 1.165) is 0 Å². The first-order valence-corrected chi connectivity index (χ1v) is 12.3. The number of rotatable bonds is 10. The van der Waals surface area contributed by atoms with E-state index >= 15 is 0 Å². The third-order valence-electron chi connectivity index (χ3n) is 6.08. The van der Waals surface area contributed by atoms with E-state index in [2.05, 4.69) is 4.74 Å². The Labute approximate surface area is 175 Å². The van der Waals surface area contributed by atoms with Gasteiger partial charge in [-0.25, -0.2) is 0 Å². The van der Waals surface area contributed by atoms with Crippen LogP contribution in [-0.2, 0) is 38.7 Å². The van der Waals surface area contributed by atoms with Gasteiger partial charge in [0.05, 0.1) is 24.4 Å². The minimum absolute atomic E-state index is 0.146. The van der Waals surface area contributed by atoms with Crippen LogP contribution in [0.1, 0.15) is 38.5 Å². The molecule has 178 valence electrons. The fourth-order valence-electron chi connectivity index (χ4n) is 4.66. The Bertz CT molecular complexity index is 964. The summed E-state index contributed by atoms with van der Waals surface area (Å²) in [6, 6.07) is 0. The Balaban J connectivity index is 1.41. The lowest BCUT2D eigenvalue weighted by atomic mass is 9.82. The predicted octanol–water partition coefficient (Wildman–Crippen LogP) is 1.53. The van der Waals surface area contributed by atoms with Gasteiger partial charge in [-0.15, -0.1) is 0 Å². The van der Waals surface area contributed by atoms with E-state index in [4.69, 9.17) is 8.74 Å². The molecule has 5 unspecified atom stereocenters. The van der Waals surface area contributed by atoms with Gasteiger partial charge in [0.15, 0.2) is 0 Å². The molecule has 2 saturated carbocycles. The molecule has 2 bridgehead atoms. The SMILES string of the molecule is O=C(CCC(=O)C1C2CC3C1OS(=O)(=O)C3C2)OCCCC(F)(F)C(F)(F)S(=O)(=O)O. The second-order valence-electron chi connectivity index (χ2n) is 8.00. The van der Waals surface area contributed by atoms with Crippen LogP contribution in [0.2, 0.25) is 0 Å². The second kappa shape index (κ2) is 7.92. The summed E-state index contributed by atoms with van der Waals surface area (Å²) >= 11 is 0. The number of alkyl halides is 4. The lowest BCUT2D eigenvalue weighted by Gasteiger charge is -2.23. The summed E-state index contributed by atoms with van der Waals surface area (Å²) in [5.41, 5.74) is 0. The molecule has 0 aromatic carbocycles. The summed E-state index contributed by atoms with van der Waals surface area (Å²) in [7, 11) is -10.0. The molecule has 15 heteroatoms. The highest BCUT2D eigenvalue weighted by Gasteiger charge is 2.66. The van der Waals surface area contributed by atoms with Crippen LogP contribution >= 0.6 is 0 Å². The fraction of sp³-hybridized carbons (Fsp3) is 0.875. The maximum absolute atomic E-state index is 13.3. The number of ether oxygens (including phenoxy) is 1. The molecule has 1 N–H and O–H groups in total. The molecule has 31 heavy (non-hydrogen) atoms. The maximum Gasteiger partial charge on any atom is 0.431 e. The lowest BCUT2D eigenvalue weighted by Crippen LogP contribution is -2.46. The first kappa shape index (κ1) is 24.3. The molecular weight excluding hydrogens is 476 g/mol. The molecule has 9 nitrogen and oxygen atoms in total. The van der Waals surface area contributed by atoms with E-state index in [-0.39, 0.29) is 24.0 Å². The summed E-state index contributed by atoms with van der Waals surface area (Å²) in [6.45, 7) is -0.732. The average molecular weight is 496 g/mol. The van der Waals surface area contributed by atoms with Crippen molar-refractivity contribution < 1.29 is 57.5 Å². The van der Waals surface area contributed by atoms with Crippen molar-refractivity contribution >= 4 is 32.0 Å². The molecule has 0 aromatic heterocycles. The number of halogens is 4. The van der Waals surface area contributed by atoms with Gasteiger partial charge in [-0.3, -0.25) is 18.3 Å². The first-order valence-electron chi connectivity index (χ1n) is 9.41. The third-order valence-corrected chi connectivity index (χ3v) is 8.80. The van der Waals surface area contributed by atoms with Crippen LogP contribution in [0, 0.1) is 17.8 Å². The number of carbonyl (C=O) groups is 2. The van der Waals surface area contributed by atoms with Crippen LogP contribution in [-0.4, -0.2) is 62.3 Å². The Hall–Kier alpha value is -1.32. The first-order chi connectivity index (χ1) is 14.1. The van der Waals surface area contributed by atoms with Gasteiger partial charge in [-0.05, 0) is 25.2 Å². The van der Waals surface area contributed by atoms with Gasteiger partial charge in [-0.1, -0.05) is 0 Å². The Kier molecular flexibility index (Phi) is 6.21. The fourth-order valence-corrected chi connectivity index (χ4v) is 7.03. The van der Waals surface area contributed by atoms with Gasteiger partial charge in [0.25, 0.3) is 10.1 Å². The number of hydrogen-bond donors (Lipinski definition) is 1. The highest BCUT2D eigenvalue weighted by atomic mass is 32.2. The minimum Gasteiger partial charge on any atom is -0.466 e. The quantitative estimate of drug-likeness (QED) is 0.157. The average Bonchev–Trinajstić information content (AvgIpc) is 3.24. The molecule has 0 aromatic rings. The number of carbonyl (C=O) groups excluding carboxylic acids is 2. The van der Waals surface area contributed by atoms with Gasteiger partial charge < -0.3 is 4.74 Å². The summed E-state index contributed by atoms with van der Waals surface area (Å²) in [5, 5.41) is -6.28. The number of Topliss-reactive ketones (excluding diaryl/α,β-unsaturated/α-hetero) is 1. The van der Waals surface area contributed by atoms with Gasteiger partial charge in [0.2, 0.25) is 0 Å². The number of fused-ring (bicyclic) bond motifs is 1. The zero-order valence-electron chi connectivity index (χ0n) is 15.9. The molecule has 3 aliphatic rings. The standard InChI is InChI=1S/C16H20F4O9S2/c17-15(18,16(19,20)31(25,26)27)4-1-5-28-12(22)3-2-10(21)13-8-6-9-11(7-8)30(23,24)29-14(9)13/h8-9,11,13-14H,1-7H2,(H,25,26,27). The zero-order valence-corrected chi connectivity index (χ0v) is 17.5. The Morgan fingerprint density at radius 1 is 1.13 bits per heavy atom. The van der Waals surface area contributed by atoms with Crippen molar-refractivity contribution in [2.75, 3.05) is 6.61 Å². The molecular formula is C16H20F4O9S2. The Morgan fingerprint density at radius 3 is 2.39 bits per heavy atom. The molecule has 1 heterocycles. The van der Waals surface area contributed by atoms with Crippen molar-refractivity contribution in [2.45, 2.75) is 61.1 Å². The summed E-state index contributed by atoms with van der Waals surface area (Å²) in [6.07, 6.45) is -3.05. The van der Waals surface area contributed by atoms with Crippen LogP contribution in [0.3, 0.4) is 0 Å².